The number of amides is 3. The molecule has 22 heavy (non-hydrogen) atoms. The largest absolute Gasteiger partial charge is 0.342 e. The van der Waals surface area contributed by atoms with E-state index >= 15 is 0 Å². The SMILES string of the molecule is CN(C)C(=O)NC1CC2(CCN(C(=O)C3CC(F)(F)C3)C2)C1. The molecule has 0 atom stereocenters. The molecular weight excluding hydrogens is 292 g/mol. The Kier molecular flexibility index (Phi) is 3.57. The number of halogens is 2. The van der Waals surface area contributed by atoms with Crippen LogP contribution in [0.1, 0.15) is 32.1 Å². The molecule has 0 aromatic rings. The first-order valence-electron chi connectivity index (χ1n) is 7.84. The molecule has 0 aromatic heterocycles. The fourth-order valence-corrected chi connectivity index (χ4v) is 3.94. The van der Waals surface area contributed by atoms with Crippen molar-refractivity contribution < 1.29 is 18.4 Å². The second-order valence-electron chi connectivity index (χ2n) is 7.42. The zero-order valence-electron chi connectivity index (χ0n) is 13.1. The number of nitrogens with one attached hydrogen (secondary N) is 1. The van der Waals surface area contributed by atoms with E-state index in [2.05, 4.69) is 5.32 Å². The smallest absolute Gasteiger partial charge is 0.317 e. The van der Waals surface area contributed by atoms with Crippen LogP contribution in [0.2, 0.25) is 0 Å². The average Bonchev–Trinajstić information content (AvgIpc) is 2.79. The molecule has 7 heteroatoms. The summed E-state index contributed by atoms with van der Waals surface area (Å²) in [4.78, 5) is 27.1. The van der Waals surface area contributed by atoms with E-state index in [1.807, 2.05) is 0 Å². The van der Waals surface area contributed by atoms with Crippen LogP contribution in [-0.4, -0.2) is 60.9 Å². The van der Waals surface area contributed by atoms with Gasteiger partial charge in [-0.25, -0.2) is 13.6 Å². The van der Waals surface area contributed by atoms with E-state index in [0.29, 0.717) is 13.1 Å². The Balaban J connectivity index is 1.46. The fourth-order valence-electron chi connectivity index (χ4n) is 3.94. The Bertz CT molecular complexity index is 481. The second kappa shape index (κ2) is 5.06. The lowest BCUT2D eigenvalue weighted by atomic mass is 9.65. The van der Waals surface area contributed by atoms with Gasteiger partial charge in [0.05, 0.1) is 0 Å². The van der Waals surface area contributed by atoms with Crippen LogP contribution in [0.3, 0.4) is 0 Å². The zero-order chi connectivity index (χ0) is 16.1. The minimum absolute atomic E-state index is 0.0895. The van der Waals surface area contributed by atoms with Gasteiger partial charge in [0.2, 0.25) is 11.8 Å². The number of urea groups is 1. The number of alkyl halides is 2. The monoisotopic (exact) mass is 315 g/mol. The summed E-state index contributed by atoms with van der Waals surface area (Å²) in [5.74, 6) is -3.24. The van der Waals surface area contributed by atoms with Crippen molar-refractivity contribution in [3.05, 3.63) is 0 Å². The summed E-state index contributed by atoms with van der Waals surface area (Å²) in [5.41, 5.74) is 0.0895. The molecule has 2 aliphatic carbocycles. The van der Waals surface area contributed by atoms with E-state index in [-0.39, 0.29) is 36.2 Å². The fraction of sp³-hybridized carbons (Fsp3) is 0.867. The van der Waals surface area contributed by atoms with Crippen LogP contribution in [0.5, 0.6) is 0 Å². The van der Waals surface area contributed by atoms with Crippen LogP contribution >= 0.6 is 0 Å². The highest BCUT2D eigenvalue weighted by molar-refractivity contribution is 5.80. The first-order valence-corrected chi connectivity index (χ1v) is 7.84. The van der Waals surface area contributed by atoms with Gasteiger partial charge in [0.15, 0.2) is 0 Å². The molecule has 3 amide bonds. The molecule has 3 rings (SSSR count). The number of rotatable bonds is 2. The maximum absolute atomic E-state index is 12.9. The Morgan fingerprint density at radius 2 is 1.82 bits per heavy atom. The first-order chi connectivity index (χ1) is 10.2. The minimum Gasteiger partial charge on any atom is -0.342 e. The highest BCUT2D eigenvalue weighted by Gasteiger charge is 2.54. The summed E-state index contributed by atoms with van der Waals surface area (Å²) in [6.45, 7) is 1.32. The van der Waals surface area contributed by atoms with Crippen molar-refractivity contribution in [3.63, 3.8) is 0 Å². The number of carbonyl (C=O) groups is 2. The van der Waals surface area contributed by atoms with Crippen LogP contribution in [0.4, 0.5) is 13.6 Å². The molecule has 5 nitrogen and oxygen atoms in total. The number of carbonyl (C=O) groups excluding carboxylic acids is 2. The Hall–Kier alpha value is -1.40. The highest BCUT2D eigenvalue weighted by atomic mass is 19.3. The third-order valence-electron chi connectivity index (χ3n) is 5.28. The van der Waals surface area contributed by atoms with Crippen molar-refractivity contribution in [1.29, 1.82) is 0 Å². The predicted molar refractivity (Wildman–Crippen MR) is 76.5 cm³/mol. The molecule has 3 aliphatic rings. The highest BCUT2D eigenvalue weighted by Crippen LogP contribution is 2.50. The van der Waals surface area contributed by atoms with Crippen molar-refractivity contribution in [2.45, 2.75) is 44.1 Å². The van der Waals surface area contributed by atoms with E-state index in [9.17, 15) is 18.4 Å². The minimum atomic E-state index is -2.64. The molecule has 0 bridgehead atoms. The lowest BCUT2D eigenvalue weighted by molar-refractivity contribution is -0.159. The number of hydrogen-bond donors (Lipinski definition) is 1. The summed E-state index contributed by atoms with van der Waals surface area (Å²) in [6.07, 6.45) is 2.07. The summed E-state index contributed by atoms with van der Waals surface area (Å²) >= 11 is 0. The maximum Gasteiger partial charge on any atom is 0.317 e. The second-order valence-corrected chi connectivity index (χ2v) is 7.42. The molecule has 0 unspecified atom stereocenters. The third-order valence-corrected chi connectivity index (χ3v) is 5.28. The van der Waals surface area contributed by atoms with Gasteiger partial charge in [-0.2, -0.15) is 0 Å². The molecule has 1 spiro atoms. The van der Waals surface area contributed by atoms with Gasteiger partial charge in [0.25, 0.3) is 0 Å². The van der Waals surface area contributed by atoms with Gasteiger partial charge in [-0.3, -0.25) is 4.79 Å². The molecule has 0 aromatic carbocycles. The number of hydrogen-bond acceptors (Lipinski definition) is 2. The average molecular weight is 315 g/mol. The van der Waals surface area contributed by atoms with E-state index in [1.165, 1.54) is 4.90 Å². The van der Waals surface area contributed by atoms with Crippen molar-refractivity contribution in [2.24, 2.45) is 11.3 Å². The lowest BCUT2D eigenvalue weighted by Gasteiger charge is -2.46. The lowest BCUT2D eigenvalue weighted by Crippen LogP contribution is -2.54. The standard InChI is InChI=1S/C15H23F2N3O2/c1-19(2)13(22)18-11-7-14(8-11)3-4-20(9-14)12(21)10-5-15(16,17)6-10/h10-11H,3-9H2,1-2H3,(H,18,22). The number of likely N-dealkylation sites (tertiary alicyclic amines) is 1. The van der Waals surface area contributed by atoms with Crippen LogP contribution in [0.25, 0.3) is 0 Å². The number of nitrogens with zero attached hydrogens (tertiary/aromatic N) is 2. The molecule has 1 N–H and O–H groups in total. The van der Waals surface area contributed by atoms with E-state index in [0.717, 1.165) is 19.3 Å². The van der Waals surface area contributed by atoms with Gasteiger partial charge >= 0.3 is 6.03 Å². The van der Waals surface area contributed by atoms with E-state index in [1.54, 1.807) is 19.0 Å². The summed E-state index contributed by atoms with van der Waals surface area (Å²) < 4.78 is 25.8. The third kappa shape index (κ3) is 2.77. The topological polar surface area (TPSA) is 52.7 Å². The van der Waals surface area contributed by atoms with Crippen LogP contribution in [0.15, 0.2) is 0 Å². The van der Waals surface area contributed by atoms with Crippen LogP contribution in [0, 0.1) is 11.3 Å². The van der Waals surface area contributed by atoms with Crippen LogP contribution in [-0.2, 0) is 4.79 Å². The summed E-state index contributed by atoms with van der Waals surface area (Å²) in [5, 5.41) is 2.95. The quantitative estimate of drug-likeness (QED) is 0.843. The molecular formula is C15H23F2N3O2. The van der Waals surface area contributed by atoms with Gasteiger partial charge in [0.1, 0.15) is 0 Å². The Labute approximate surface area is 129 Å². The van der Waals surface area contributed by atoms with Crippen molar-refractivity contribution in [2.75, 3.05) is 27.2 Å². The molecule has 1 heterocycles. The van der Waals surface area contributed by atoms with Crippen molar-refractivity contribution in [3.8, 4) is 0 Å². The van der Waals surface area contributed by atoms with Gasteiger partial charge in [-0.1, -0.05) is 0 Å². The Morgan fingerprint density at radius 1 is 1.18 bits per heavy atom. The predicted octanol–water partition coefficient (Wildman–Crippen LogP) is 1.68. The zero-order valence-corrected chi connectivity index (χ0v) is 13.1. The van der Waals surface area contributed by atoms with Gasteiger partial charge < -0.3 is 15.1 Å². The van der Waals surface area contributed by atoms with E-state index < -0.39 is 11.8 Å². The first kappa shape index (κ1) is 15.5. The summed E-state index contributed by atoms with van der Waals surface area (Å²) in [7, 11) is 3.41. The normalized spacial score (nSPS) is 28.9. The van der Waals surface area contributed by atoms with Crippen LogP contribution < -0.4 is 5.32 Å². The van der Waals surface area contributed by atoms with E-state index in [4.69, 9.17) is 0 Å². The van der Waals surface area contributed by atoms with Gasteiger partial charge in [-0.15, -0.1) is 0 Å². The van der Waals surface area contributed by atoms with Crippen molar-refractivity contribution >= 4 is 11.9 Å². The summed E-state index contributed by atoms with van der Waals surface area (Å²) in [6, 6.07) is 0.0699. The molecule has 1 aliphatic heterocycles. The Morgan fingerprint density at radius 3 is 2.36 bits per heavy atom. The molecule has 0 radical (unpaired) electrons. The molecule has 124 valence electrons. The molecule has 1 saturated heterocycles. The van der Waals surface area contributed by atoms with Gasteiger partial charge in [0, 0.05) is 52.0 Å². The van der Waals surface area contributed by atoms with Crippen molar-refractivity contribution in [1.82, 2.24) is 15.1 Å². The molecule has 3 fully saturated rings. The molecule has 2 saturated carbocycles. The maximum atomic E-state index is 12.9. The van der Waals surface area contributed by atoms with Gasteiger partial charge in [-0.05, 0) is 24.7 Å².